The van der Waals surface area contributed by atoms with Gasteiger partial charge >= 0.3 is 11.4 Å². The van der Waals surface area contributed by atoms with Gasteiger partial charge in [-0.05, 0) is 62.9 Å². The molecule has 0 amide bonds. The summed E-state index contributed by atoms with van der Waals surface area (Å²) in [5, 5.41) is 3.46. The molecule has 1 saturated heterocycles. The van der Waals surface area contributed by atoms with Crippen LogP contribution in [-0.2, 0) is 22.6 Å². The maximum Gasteiger partial charge on any atom is 0.355 e. The molecule has 2 heterocycles. The summed E-state index contributed by atoms with van der Waals surface area (Å²) in [4.78, 5) is 30.4. The first kappa shape index (κ1) is 26.8. The zero-order valence-corrected chi connectivity index (χ0v) is 21.5. The Morgan fingerprint density at radius 3 is 2.62 bits per heavy atom. The Hall–Kier alpha value is -3.21. The monoisotopic (exact) mass is 532 g/mol. The average Bonchev–Trinajstić information content (AvgIpc) is 2.87. The minimum atomic E-state index is -0.742. The predicted octanol–water partition coefficient (Wildman–Crippen LogP) is 4.32. The van der Waals surface area contributed by atoms with Crippen molar-refractivity contribution in [3.05, 3.63) is 79.8 Å². The van der Waals surface area contributed by atoms with Crippen molar-refractivity contribution in [2.75, 3.05) is 18.5 Å². The van der Waals surface area contributed by atoms with Gasteiger partial charge in [-0.15, -0.1) is 0 Å². The number of benzene rings is 2. The van der Waals surface area contributed by atoms with Crippen molar-refractivity contribution in [1.82, 2.24) is 14.1 Å². The summed E-state index contributed by atoms with van der Waals surface area (Å²) in [6, 6.07) is 11.2. The summed E-state index contributed by atoms with van der Waals surface area (Å²) in [6.45, 7) is 4.47. The summed E-state index contributed by atoms with van der Waals surface area (Å²) < 4.78 is 33.6. The first-order chi connectivity index (χ1) is 17.8. The molecule has 37 heavy (non-hydrogen) atoms. The summed E-state index contributed by atoms with van der Waals surface area (Å²) >= 11 is 6.00. The molecule has 0 bridgehead atoms. The van der Waals surface area contributed by atoms with Crippen LogP contribution in [0.25, 0.3) is 0 Å². The van der Waals surface area contributed by atoms with E-state index in [1.54, 1.807) is 44.2 Å². The highest BCUT2D eigenvalue weighted by molar-refractivity contribution is 6.30. The summed E-state index contributed by atoms with van der Waals surface area (Å²) in [5.74, 6) is -0.500. The molecule has 9 nitrogen and oxygen atoms in total. The number of ether oxygens (including phenoxy) is 3. The lowest BCUT2D eigenvalue weighted by Crippen LogP contribution is -2.43. The van der Waals surface area contributed by atoms with Gasteiger partial charge in [0.1, 0.15) is 0 Å². The first-order valence-corrected chi connectivity index (χ1v) is 12.6. The third-order valence-electron chi connectivity index (χ3n) is 5.71. The van der Waals surface area contributed by atoms with Crippen molar-refractivity contribution in [2.24, 2.45) is 0 Å². The number of rotatable bonds is 10. The van der Waals surface area contributed by atoms with Crippen molar-refractivity contribution >= 4 is 23.2 Å². The van der Waals surface area contributed by atoms with E-state index in [0.717, 1.165) is 29.4 Å². The lowest BCUT2D eigenvalue weighted by molar-refractivity contribution is -0.163. The van der Waals surface area contributed by atoms with Crippen LogP contribution in [0.1, 0.15) is 38.7 Å². The third kappa shape index (κ3) is 7.18. The Bertz CT molecular complexity index is 1320. The SMILES string of the molecule is CC(C)Oc1ccc(Nc2nc(=O)n(CCOC3CCCCO3)c(=O)n2Cc2ccc(Cl)cc2)cc1F. The number of halogens is 2. The molecule has 1 aromatic heterocycles. The van der Waals surface area contributed by atoms with Crippen LogP contribution < -0.4 is 21.4 Å². The Morgan fingerprint density at radius 1 is 1.16 bits per heavy atom. The Morgan fingerprint density at radius 2 is 1.95 bits per heavy atom. The zero-order chi connectivity index (χ0) is 26.4. The molecular formula is C26H30ClFN4O5. The summed E-state index contributed by atoms with van der Waals surface area (Å²) in [6.07, 6.45) is 2.23. The van der Waals surface area contributed by atoms with E-state index in [1.807, 2.05) is 0 Å². The highest BCUT2D eigenvalue weighted by Gasteiger charge is 2.17. The van der Waals surface area contributed by atoms with Crippen LogP contribution in [0.2, 0.25) is 5.02 Å². The van der Waals surface area contributed by atoms with Gasteiger partial charge in [0, 0.05) is 23.4 Å². The average molecular weight is 533 g/mol. The standard InChI is InChI=1S/C26H30ClFN4O5/c1-17(2)37-22-11-10-20(15-21(22)28)29-24-30-25(33)31(12-14-36-23-5-3-4-13-35-23)26(34)32(24)16-18-6-8-19(27)9-7-18/h6-11,15,17,23H,3-5,12-14,16H2,1-2H3,(H,29,30,33). The van der Waals surface area contributed by atoms with E-state index in [1.165, 1.54) is 16.7 Å². The quantitative estimate of drug-likeness (QED) is 0.415. The summed E-state index contributed by atoms with van der Waals surface area (Å²) in [5.41, 5.74) is -0.250. The Kier molecular flexibility index (Phi) is 8.96. The molecule has 1 aliphatic rings. The second-order valence-electron chi connectivity index (χ2n) is 8.97. The van der Waals surface area contributed by atoms with Crippen LogP contribution in [0.3, 0.4) is 0 Å². The molecule has 1 unspecified atom stereocenters. The highest BCUT2D eigenvalue weighted by Crippen LogP contribution is 2.24. The number of nitrogens with one attached hydrogen (secondary N) is 1. The molecule has 0 radical (unpaired) electrons. The molecule has 198 valence electrons. The van der Waals surface area contributed by atoms with E-state index in [-0.39, 0.29) is 43.8 Å². The number of aromatic nitrogens is 3. The lowest BCUT2D eigenvalue weighted by Gasteiger charge is -2.22. The van der Waals surface area contributed by atoms with E-state index in [2.05, 4.69) is 10.3 Å². The summed E-state index contributed by atoms with van der Waals surface area (Å²) in [7, 11) is 0. The second-order valence-corrected chi connectivity index (χ2v) is 9.40. The maximum atomic E-state index is 14.6. The van der Waals surface area contributed by atoms with Crippen molar-refractivity contribution in [3.8, 4) is 5.75 Å². The normalized spacial score (nSPS) is 15.6. The largest absolute Gasteiger partial charge is 0.488 e. The first-order valence-electron chi connectivity index (χ1n) is 12.2. The van der Waals surface area contributed by atoms with Gasteiger partial charge in [-0.1, -0.05) is 23.7 Å². The van der Waals surface area contributed by atoms with Crippen LogP contribution in [0.5, 0.6) is 5.75 Å². The fraction of sp³-hybridized carbons (Fsp3) is 0.423. The molecule has 11 heteroatoms. The minimum absolute atomic E-state index is 0.0152. The van der Waals surface area contributed by atoms with Crippen LogP contribution in [0, 0.1) is 5.82 Å². The van der Waals surface area contributed by atoms with Crippen LogP contribution in [-0.4, -0.2) is 39.7 Å². The van der Waals surface area contributed by atoms with Gasteiger partial charge < -0.3 is 19.5 Å². The number of anilines is 2. The van der Waals surface area contributed by atoms with Gasteiger partial charge in [0.05, 0.1) is 25.8 Å². The van der Waals surface area contributed by atoms with E-state index >= 15 is 0 Å². The number of hydrogen-bond donors (Lipinski definition) is 1. The third-order valence-corrected chi connectivity index (χ3v) is 5.96. The van der Waals surface area contributed by atoms with Gasteiger partial charge in [0.2, 0.25) is 5.95 Å². The molecule has 1 aliphatic heterocycles. The molecule has 1 atom stereocenters. The van der Waals surface area contributed by atoms with Gasteiger partial charge in [0.25, 0.3) is 0 Å². The molecule has 1 N–H and O–H groups in total. The fourth-order valence-electron chi connectivity index (χ4n) is 3.91. The number of nitrogens with zero attached hydrogens (tertiary/aromatic N) is 3. The van der Waals surface area contributed by atoms with Gasteiger partial charge in [-0.3, -0.25) is 4.57 Å². The predicted molar refractivity (Wildman–Crippen MR) is 138 cm³/mol. The van der Waals surface area contributed by atoms with Gasteiger partial charge in [-0.2, -0.15) is 4.98 Å². The molecule has 0 spiro atoms. The van der Waals surface area contributed by atoms with Crippen molar-refractivity contribution in [2.45, 2.75) is 58.6 Å². The van der Waals surface area contributed by atoms with Crippen molar-refractivity contribution in [3.63, 3.8) is 0 Å². The van der Waals surface area contributed by atoms with E-state index < -0.39 is 17.2 Å². The lowest BCUT2D eigenvalue weighted by atomic mass is 10.2. The van der Waals surface area contributed by atoms with Crippen LogP contribution in [0.4, 0.5) is 16.0 Å². The minimum Gasteiger partial charge on any atom is -0.488 e. The highest BCUT2D eigenvalue weighted by atomic mass is 35.5. The van der Waals surface area contributed by atoms with Crippen molar-refractivity contribution < 1.29 is 18.6 Å². The van der Waals surface area contributed by atoms with E-state index in [0.29, 0.717) is 17.3 Å². The van der Waals surface area contributed by atoms with Crippen molar-refractivity contribution in [1.29, 1.82) is 0 Å². The van der Waals surface area contributed by atoms with Crippen LogP contribution in [0.15, 0.2) is 52.1 Å². The maximum absolute atomic E-state index is 14.6. The van der Waals surface area contributed by atoms with Gasteiger partial charge in [-0.25, -0.2) is 18.5 Å². The molecular weight excluding hydrogens is 503 g/mol. The van der Waals surface area contributed by atoms with E-state index in [4.69, 9.17) is 25.8 Å². The fourth-order valence-corrected chi connectivity index (χ4v) is 4.03. The molecule has 1 fully saturated rings. The van der Waals surface area contributed by atoms with E-state index in [9.17, 15) is 14.0 Å². The Labute approximate surface area is 218 Å². The zero-order valence-electron chi connectivity index (χ0n) is 20.8. The Balaban J connectivity index is 1.62. The number of hydrogen-bond acceptors (Lipinski definition) is 7. The smallest absolute Gasteiger partial charge is 0.355 e. The molecule has 3 aromatic rings. The van der Waals surface area contributed by atoms with Crippen LogP contribution >= 0.6 is 11.6 Å². The molecule has 0 saturated carbocycles. The van der Waals surface area contributed by atoms with Gasteiger partial charge in [0.15, 0.2) is 17.9 Å². The topological polar surface area (TPSA) is 96.6 Å². The second kappa shape index (κ2) is 12.4. The molecule has 4 rings (SSSR count). The molecule has 2 aromatic carbocycles. The molecule has 0 aliphatic carbocycles.